The van der Waals surface area contributed by atoms with E-state index in [1.165, 1.54) is 27.5 Å². The molecule has 0 amide bonds. The van der Waals surface area contributed by atoms with Gasteiger partial charge in [-0.05, 0) is 41.4 Å². The van der Waals surface area contributed by atoms with Gasteiger partial charge in [-0.25, -0.2) is 0 Å². The van der Waals surface area contributed by atoms with Crippen molar-refractivity contribution in [3.63, 3.8) is 0 Å². The average Bonchev–Trinajstić information content (AvgIpc) is 2.94. The van der Waals surface area contributed by atoms with Gasteiger partial charge in [0.1, 0.15) is 5.76 Å². The summed E-state index contributed by atoms with van der Waals surface area (Å²) in [5.74, 6) is 1.00. The summed E-state index contributed by atoms with van der Waals surface area (Å²) in [7, 11) is 0. The highest BCUT2D eigenvalue weighted by atomic mass is 16.3. The molecule has 0 fully saturated rings. The quantitative estimate of drug-likeness (QED) is 0.750. The predicted molar refractivity (Wildman–Crippen MR) is 83.8 cm³/mol. The highest BCUT2D eigenvalue weighted by Crippen LogP contribution is 2.33. The van der Waals surface area contributed by atoms with E-state index in [4.69, 9.17) is 4.42 Å². The number of furan rings is 1. The fourth-order valence-electron chi connectivity index (χ4n) is 2.64. The molecule has 3 aromatic rings. The minimum atomic E-state index is 0.765. The monoisotopic (exact) mass is 265 g/mol. The lowest BCUT2D eigenvalue weighted by Crippen LogP contribution is -2.11. The largest absolute Gasteiger partial charge is 0.467 e. The van der Waals surface area contributed by atoms with E-state index in [-0.39, 0.29) is 0 Å². The first-order valence-corrected chi connectivity index (χ1v) is 7.07. The fourth-order valence-corrected chi connectivity index (χ4v) is 2.64. The molecule has 0 unspecified atom stereocenters. The second-order valence-electron chi connectivity index (χ2n) is 5.01. The normalized spacial score (nSPS) is 11.1. The van der Waals surface area contributed by atoms with Gasteiger partial charge in [0.15, 0.2) is 0 Å². The van der Waals surface area contributed by atoms with Gasteiger partial charge in [0, 0.05) is 5.56 Å². The molecule has 2 aromatic carbocycles. The van der Waals surface area contributed by atoms with Crippen molar-refractivity contribution >= 4 is 10.8 Å². The Morgan fingerprint density at radius 2 is 1.75 bits per heavy atom. The molecule has 0 aliphatic carbocycles. The van der Waals surface area contributed by atoms with E-state index in [1.54, 1.807) is 6.26 Å². The topological polar surface area (TPSA) is 25.2 Å². The zero-order chi connectivity index (χ0) is 13.9. The fraction of sp³-hybridized carbons (Fsp3) is 0.222. The molecule has 0 aliphatic rings. The first-order chi connectivity index (χ1) is 9.81. The molecule has 0 atom stereocenters. The number of hydrogen-bond acceptors (Lipinski definition) is 2. The maximum atomic E-state index is 5.64. The first-order valence-electron chi connectivity index (χ1n) is 7.07. The number of rotatable bonds is 4. The van der Waals surface area contributed by atoms with E-state index >= 15 is 0 Å². The second-order valence-corrected chi connectivity index (χ2v) is 5.01. The Balaban J connectivity index is 2.15. The molecule has 0 aliphatic heterocycles. The third-order valence-electron chi connectivity index (χ3n) is 3.71. The van der Waals surface area contributed by atoms with Gasteiger partial charge < -0.3 is 9.73 Å². The molecule has 3 rings (SSSR count). The number of nitrogens with one attached hydrogen (secondary N) is 1. The van der Waals surface area contributed by atoms with Crippen LogP contribution in [0, 0.1) is 6.92 Å². The SMILES string of the molecule is CCNCc1occc1-c1ccc(C)c2ccccc12. The average molecular weight is 265 g/mol. The van der Waals surface area contributed by atoms with Gasteiger partial charge in [-0.3, -0.25) is 0 Å². The zero-order valence-electron chi connectivity index (χ0n) is 11.9. The molecule has 1 aromatic heterocycles. The summed E-state index contributed by atoms with van der Waals surface area (Å²) >= 11 is 0. The molecule has 0 spiro atoms. The minimum Gasteiger partial charge on any atom is -0.467 e. The van der Waals surface area contributed by atoms with E-state index in [1.807, 2.05) is 0 Å². The minimum absolute atomic E-state index is 0.765. The van der Waals surface area contributed by atoms with Crippen LogP contribution in [0.3, 0.4) is 0 Å². The molecule has 2 heteroatoms. The molecular formula is C18H19NO. The van der Waals surface area contributed by atoms with Crippen molar-refractivity contribution in [1.82, 2.24) is 5.32 Å². The molecule has 0 bridgehead atoms. The molecule has 0 saturated carbocycles. The molecule has 20 heavy (non-hydrogen) atoms. The van der Waals surface area contributed by atoms with Crippen molar-refractivity contribution in [3.8, 4) is 11.1 Å². The number of hydrogen-bond donors (Lipinski definition) is 1. The summed E-state index contributed by atoms with van der Waals surface area (Å²) in [6.07, 6.45) is 1.77. The van der Waals surface area contributed by atoms with Gasteiger partial charge in [-0.1, -0.05) is 43.3 Å². The maximum Gasteiger partial charge on any atom is 0.125 e. The number of benzene rings is 2. The molecule has 1 heterocycles. The van der Waals surface area contributed by atoms with E-state index < -0.39 is 0 Å². The van der Waals surface area contributed by atoms with Crippen LogP contribution in [0.5, 0.6) is 0 Å². The Morgan fingerprint density at radius 3 is 2.55 bits per heavy atom. The zero-order valence-corrected chi connectivity index (χ0v) is 11.9. The predicted octanol–water partition coefficient (Wildman–Crippen LogP) is 4.52. The van der Waals surface area contributed by atoms with Crippen LogP contribution in [0.15, 0.2) is 53.1 Å². The van der Waals surface area contributed by atoms with Crippen LogP contribution in [-0.4, -0.2) is 6.54 Å². The highest BCUT2D eigenvalue weighted by Gasteiger charge is 2.11. The van der Waals surface area contributed by atoms with Crippen LogP contribution < -0.4 is 5.32 Å². The van der Waals surface area contributed by atoms with Crippen molar-refractivity contribution in [2.75, 3.05) is 6.54 Å². The van der Waals surface area contributed by atoms with E-state index in [2.05, 4.69) is 61.6 Å². The summed E-state index contributed by atoms with van der Waals surface area (Å²) in [6, 6.07) is 15.0. The Morgan fingerprint density at radius 1 is 0.950 bits per heavy atom. The molecular weight excluding hydrogens is 246 g/mol. The molecule has 1 N–H and O–H groups in total. The molecule has 0 saturated heterocycles. The van der Waals surface area contributed by atoms with Crippen LogP contribution in [0.1, 0.15) is 18.2 Å². The molecule has 2 nitrogen and oxygen atoms in total. The van der Waals surface area contributed by atoms with Crippen LogP contribution in [0.4, 0.5) is 0 Å². The van der Waals surface area contributed by atoms with E-state index in [0.29, 0.717) is 0 Å². The Hall–Kier alpha value is -2.06. The van der Waals surface area contributed by atoms with Crippen molar-refractivity contribution in [1.29, 1.82) is 0 Å². The van der Waals surface area contributed by atoms with Crippen molar-refractivity contribution in [2.45, 2.75) is 20.4 Å². The van der Waals surface area contributed by atoms with Crippen molar-refractivity contribution in [2.24, 2.45) is 0 Å². The lowest BCUT2D eigenvalue weighted by atomic mass is 9.96. The van der Waals surface area contributed by atoms with E-state index in [0.717, 1.165) is 18.8 Å². The Bertz CT molecular complexity index is 727. The van der Waals surface area contributed by atoms with Gasteiger partial charge in [0.2, 0.25) is 0 Å². The van der Waals surface area contributed by atoms with Gasteiger partial charge in [0.25, 0.3) is 0 Å². The van der Waals surface area contributed by atoms with E-state index in [9.17, 15) is 0 Å². The van der Waals surface area contributed by atoms with Crippen LogP contribution in [-0.2, 0) is 6.54 Å². The van der Waals surface area contributed by atoms with Crippen LogP contribution in [0.2, 0.25) is 0 Å². The van der Waals surface area contributed by atoms with Crippen molar-refractivity contribution in [3.05, 3.63) is 60.1 Å². The van der Waals surface area contributed by atoms with Crippen LogP contribution in [0.25, 0.3) is 21.9 Å². The Kier molecular flexibility index (Phi) is 3.57. The lowest BCUT2D eigenvalue weighted by Gasteiger charge is -2.09. The van der Waals surface area contributed by atoms with Gasteiger partial charge in [-0.2, -0.15) is 0 Å². The highest BCUT2D eigenvalue weighted by molar-refractivity contribution is 5.98. The first kappa shape index (κ1) is 12.9. The lowest BCUT2D eigenvalue weighted by molar-refractivity contribution is 0.489. The third-order valence-corrected chi connectivity index (χ3v) is 3.71. The van der Waals surface area contributed by atoms with Gasteiger partial charge in [0.05, 0.1) is 12.8 Å². The number of aryl methyl sites for hydroxylation is 1. The third kappa shape index (κ3) is 2.23. The summed E-state index contributed by atoms with van der Waals surface area (Å²) in [4.78, 5) is 0. The summed E-state index contributed by atoms with van der Waals surface area (Å²) < 4.78 is 5.64. The van der Waals surface area contributed by atoms with Crippen LogP contribution >= 0.6 is 0 Å². The van der Waals surface area contributed by atoms with Crippen molar-refractivity contribution < 1.29 is 4.42 Å². The van der Waals surface area contributed by atoms with Gasteiger partial charge >= 0.3 is 0 Å². The molecule has 0 radical (unpaired) electrons. The van der Waals surface area contributed by atoms with Gasteiger partial charge in [-0.15, -0.1) is 0 Å². The summed E-state index contributed by atoms with van der Waals surface area (Å²) in [6.45, 7) is 5.96. The smallest absolute Gasteiger partial charge is 0.125 e. The molecule has 102 valence electrons. The summed E-state index contributed by atoms with van der Waals surface area (Å²) in [5, 5.41) is 5.92. The number of fused-ring (bicyclic) bond motifs is 1. The Labute approximate surface area is 119 Å². The standard InChI is InChI=1S/C18H19NO/c1-3-19-12-18-17(10-11-20-18)16-9-8-13(2)14-6-4-5-7-15(14)16/h4-11,19H,3,12H2,1-2H3. The second kappa shape index (κ2) is 5.51. The summed E-state index contributed by atoms with van der Waals surface area (Å²) in [5.41, 5.74) is 3.73. The maximum absolute atomic E-state index is 5.64.